The Morgan fingerprint density at radius 3 is 2.40 bits per heavy atom. The molecule has 0 bridgehead atoms. The van der Waals surface area contributed by atoms with E-state index in [0.29, 0.717) is 11.8 Å². The first-order valence-corrected chi connectivity index (χ1v) is 6.74. The van der Waals surface area contributed by atoms with Crippen LogP contribution in [0.3, 0.4) is 0 Å². The van der Waals surface area contributed by atoms with Crippen LogP contribution in [0.5, 0.6) is 0 Å². The van der Waals surface area contributed by atoms with E-state index in [1.54, 1.807) is 0 Å². The highest BCUT2D eigenvalue weighted by Gasteiger charge is 2.32. The van der Waals surface area contributed by atoms with Crippen molar-refractivity contribution in [1.29, 1.82) is 0 Å². The van der Waals surface area contributed by atoms with Gasteiger partial charge in [-0.1, -0.05) is 46.0 Å². The lowest BCUT2D eigenvalue weighted by atomic mass is 9.74. The van der Waals surface area contributed by atoms with E-state index in [2.05, 4.69) is 13.8 Å². The van der Waals surface area contributed by atoms with Crippen LogP contribution >= 0.6 is 11.6 Å². The Labute approximate surface area is 98.6 Å². The second kappa shape index (κ2) is 6.52. The van der Waals surface area contributed by atoms with Crippen molar-refractivity contribution in [3.05, 3.63) is 0 Å². The van der Waals surface area contributed by atoms with Gasteiger partial charge in [-0.2, -0.15) is 0 Å². The fraction of sp³-hybridized carbons (Fsp3) is 0.923. The van der Waals surface area contributed by atoms with Crippen molar-refractivity contribution in [2.75, 3.05) is 0 Å². The molecule has 0 amide bonds. The van der Waals surface area contributed by atoms with Crippen molar-refractivity contribution >= 4 is 16.8 Å². The lowest BCUT2D eigenvalue weighted by Gasteiger charge is -2.31. The normalized spacial score (nSPS) is 22.3. The highest BCUT2D eigenvalue weighted by molar-refractivity contribution is 6.64. The molecule has 2 heteroatoms. The molecule has 0 radical (unpaired) electrons. The predicted octanol–water partition coefficient (Wildman–Crippen LogP) is 4.38. The molecule has 0 aliphatic heterocycles. The van der Waals surface area contributed by atoms with E-state index in [1.807, 2.05) is 0 Å². The molecule has 0 N–H and O–H groups in total. The molecule has 0 aromatic rings. The maximum absolute atomic E-state index is 11.5. The fourth-order valence-electron chi connectivity index (χ4n) is 3.00. The van der Waals surface area contributed by atoms with Crippen LogP contribution in [0.4, 0.5) is 0 Å². The van der Waals surface area contributed by atoms with Gasteiger partial charge in [0.1, 0.15) is 0 Å². The average molecular weight is 231 g/mol. The van der Waals surface area contributed by atoms with E-state index < -0.39 is 0 Å². The van der Waals surface area contributed by atoms with E-state index in [4.69, 9.17) is 11.6 Å². The zero-order chi connectivity index (χ0) is 11.3. The molecule has 2 atom stereocenters. The van der Waals surface area contributed by atoms with Crippen molar-refractivity contribution in [3.8, 4) is 0 Å². The number of hydrogen-bond acceptors (Lipinski definition) is 1. The average Bonchev–Trinajstić information content (AvgIpc) is 2.19. The van der Waals surface area contributed by atoms with Crippen molar-refractivity contribution in [2.45, 2.75) is 58.8 Å². The van der Waals surface area contributed by atoms with E-state index in [0.717, 1.165) is 12.8 Å². The minimum atomic E-state index is -0.0946. The summed E-state index contributed by atoms with van der Waals surface area (Å²) in [5.74, 6) is 1.14. The molecular formula is C13H23ClO. The molecule has 1 saturated carbocycles. The predicted molar refractivity (Wildman–Crippen MR) is 65.0 cm³/mol. The summed E-state index contributed by atoms with van der Waals surface area (Å²) < 4.78 is 0. The van der Waals surface area contributed by atoms with Crippen molar-refractivity contribution in [2.24, 2.45) is 17.8 Å². The summed E-state index contributed by atoms with van der Waals surface area (Å²) >= 11 is 5.77. The summed E-state index contributed by atoms with van der Waals surface area (Å²) in [5.41, 5.74) is 0. The summed E-state index contributed by atoms with van der Waals surface area (Å²) in [5, 5.41) is -0.0946. The number of rotatable bonds is 5. The van der Waals surface area contributed by atoms with Gasteiger partial charge >= 0.3 is 0 Å². The zero-order valence-electron chi connectivity index (χ0n) is 9.97. The lowest BCUT2D eigenvalue weighted by molar-refractivity contribution is -0.118. The Morgan fingerprint density at radius 1 is 1.33 bits per heavy atom. The van der Waals surface area contributed by atoms with E-state index >= 15 is 0 Å². The topological polar surface area (TPSA) is 17.1 Å². The van der Waals surface area contributed by atoms with Gasteiger partial charge in [-0.3, -0.25) is 4.79 Å². The molecule has 1 aliphatic rings. The molecule has 0 spiro atoms. The van der Waals surface area contributed by atoms with Gasteiger partial charge in [0.15, 0.2) is 0 Å². The first-order valence-electron chi connectivity index (χ1n) is 6.36. The molecule has 1 aliphatic carbocycles. The Hall–Kier alpha value is -0.0400. The van der Waals surface area contributed by atoms with Crippen LogP contribution in [0.25, 0.3) is 0 Å². The molecule has 15 heavy (non-hydrogen) atoms. The monoisotopic (exact) mass is 230 g/mol. The van der Waals surface area contributed by atoms with Crippen molar-refractivity contribution in [1.82, 2.24) is 0 Å². The van der Waals surface area contributed by atoms with Crippen LogP contribution in [0.2, 0.25) is 0 Å². The second-order valence-corrected chi connectivity index (χ2v) is 5.37. The van der Waals surface area contributed by atoms with Crippen molar-refractivity contribution < 1.29 is 4.79 Å². The number of carbonyl (C=O) groups is 1. The van der Waals surface area contributed by atoms with Gasteiger partial charge in [0, 0.05) is 5.92 Å². The SMILES string of the molecule is CCCC(C)C(C(=O)Cl)C1CCCCC1. The van der Waals surface area contributed by atoms with Crippen LogP contribution in [0.1, 0.15) is 58.8 Å². The molecule has 88 valence electrons. The standard InChI is InChI=1S/C13H23ClO/c1-3-7-10(2)12(13(14)15)11-8-5-4-6-9-11/h10-12H,3-9H2,1-2H3. The summed E-state index contributed by atoms with van der Waals surface area (Å²) in [6.45, 7) is 4.36. The van der Waals surface area contributed by atoms with E-state index in [9.17, 15) is 4.79 Å². The Balaban J connectivity index is 2.58. The first-order chi connectivity index (χ1) is 7.16. The van der Waals surface area contributed by atoms with Gasteiger partial charge in [-0.05, 0) is 36.3 Å². The molecule has 2 unspecified atom stereocenters. The highest BCUT2D eigenvalue weighted by Crippen LogP contribution is 2.36. The molecule has 0 heterocycles. The Morgan fingerprint density at radius 2 is 1.93 bits per heavy atom. The highest BCUT2D eigenvalue weighted by atomic mass is 35.5. The third kappa shape index (κ3) is 3.79. The smallest absolute Gasteiger partial charge is 0.225 e. The van der Waals surface area contributed by atoms with Gasteiger partial charge in [-0.15, -0.1) is 0 Å². The maximum atomic E-state index is 11.5. The summed E-state index contributed by atoms with van der Waals surface area (Å²) in [6.07, 6.45) is 8.58. The van der Waals surface area contributed by atoms with Crippen LogP contribution in [-0.2, 0) is 4.79 Å². The number of halogens is 1. The minimum absolute atomic E-state index is 0.0946. The molecule has 0 saturated heterocycles. The third-order valence-corrected chi connectivity index (χ3v) is 4.03. The van der Waals surface area contributed by atoms with Gasteiger partial charge in [0.25, 0.3) is 0 Å². The van der Waals surface area contributed by atoms with Gasteiger partial charge in [0.2, 0.25) is 5.24 Å². The molecule has 1 fully saturated rings. The summed E-state index contributed by atoms with van der Waals surface area (Å²) in [6, 6.07) is 0. The maximum Gasteiger partial charge on any atom is 0.225 e. The second-order valence-electron chi connectivity index (χ2n) is 4.99. The van der Waals surface area contributed by atoms with Crippen LogP contribution in [0, 0.1) is 17.8 Å². The quantitative estimate of drug-likeness (QED) is 0.641. The molecule has 0 aromatic heterocycles. The molecular weight excluding hydrogens is 208 g/mol. The minimum Gasteiger partial charge on any atom is -0.281 e. The van der Waals surface area contributed by atoms with Gasteiger partial charge in [0.05, 0.1) is 0 Å². The van der Waals surface area contributed by atoms with Crippen molar-refractivity contribution in [3.63, 3.8) is 0 Å². The summed E-state index contributed by atoms with van der Waals surface area (Å²) in [4.78, 5) is 11.5. The Kier molecular flexibility index (Phi) is 5.66. The molecule has 0 aromatic carbocycles. The van der Waals surface area contributed by atoms with Crippen LogP contribution in [-0.4, -0.2) is 5.24 Å². The summed E-state index contributed by atoms with van der Waals surface area (Å²) in [7, 11) is 0. The van der Waals surface area contributed by atoms with Gasteiger partial charge in [-0.25, -0.2) is 0 Å². The van der Waals surface area contributed by atoms with Crippen LogP contribution < -0.4 is 0 Å². The van der Waals surface area contributed by atoms with Gasteiger partial charge < -0.3 is 0 Å². The largest absolute Gasteiger partial charge is 0.281 e. The number of carbonyl (C=O) groups excluding carboxylic acids is 1. The molecule has 1 rings (SSSR count). The van der Waals surface area contributed by atoms with E-state index in [-0.39, 0.29) is 11.2 Å². The third-order valence-electron chi connectivity index (χ3n) is 3.78. The first kappa shape index (κ1) is 13.0. The lowest BCUT2D eigenvalue weighted by Crippen LogP contribution is -2.28. The Bertz CT molecular complexity index is 197. The molecule has 1 nitrogen and oxygen atoms in total. The van der Waals surface area contributed by atoms with E-state index in [1.165, 1.54) is 32.1 Å². The van der Waals surface area contributed by atoms with Crippen LogP contribution in [0.15, 0.2) is 0 Å². The number of hydrogen-bond donors (Lipinski definition) is 0. The fourth-order valence-corrected chi connectivity index (χ4v) is 3.40. The zero-order valence-corrected chi connectivity index (χ0v) is 10.7.